The fourth-order valence-corrected chi connectivity index (χ4v) is 1.80. The average Bonchev–Trinajstić information content (AvgIpc) is 2.49. The van der Waals surface area contributed by atoms with Gasteiger partial charge in [0.15, 0.2) is 5.60 Å². The third kappa shape index (κ3) is 5.31. The first-order chi connectivity index (χ1) is 10.3. The Labute approximate surface area is 127 Å². The minimum Gasteiger partial charge on any atom is -0.497 e. The maximum Gasteiger partial charge on any atom is 0.418 e. The van der Waals surface area contributed by atoms with Crippen molar-refractivity contribution in [3.63, 3.8) is 0 Å². The Balaban J connectivity index is 2.46. The molecule has 7 heteroatoms. The zero-order valence-corrected chi connectivity index (χ0v) is 12.6. The molecule has 0 aliphatic rings. The van der Waals surface area contributed by atoms with Crippen molar-refractivity contribution in [2.75, 3.05) is 26.8 Å². The number of nitrogens with one attached hydrogen (secondary N) is 1. The van der Waals surface area contributed by atoms with Gasteiger partial charge in [0, 0.05) is 6.54 Å². The Hall–Kier alpha value is -1.60. The average molecular weight is 319 g/mol. The van der Waals surface area contributed by atoms with Crippen LogP contribution in [0.3, 0.4) is 0 Å². The number of halogens is 3. The van der Waals surface area contributed by atoms with Crippen molar-refractivity contribution >= 4 is 6.29 Å². The molecule has 1 atom stereocenters. The molecule has 1 rings (SSSR count). The highest BCUT2D eigenvalue weighted by Crippen LogP contribution is 2.32. The highest BCUT2D eigenvalue weighted by atomic mass is 19.4. The van der Waals surface area contributed by atoms with Crippen LogP contribution in [0.25, 0.3) is 0 Å². The summed E-state index contributed by atoms with van der Waals surface area (Å²) in [4.78, 5) is 10.2. The molecule has 4 nitrogen and oxygen atoms in total. The second kappa shape index (κ2) is 8.14. The Morgan fingerprint density at radius 2 is 1.86 bits per heavy atom. The highest BCUT2D eigenvalue weighted by molar-refractivity contribution is 5.50. The van der Waals surface area contributed by atoms with E-state index in [2.05, 4.69) is 10.1 Å². The summed E-state index contributed by atoms with van der Waals surface area (Å²) in [5.41, 5.74) is -1.40. The molecule has 0 spiro atoms. The van der Waals surface area contributed by atoms with E-state index in [1.165, 1.54) is 0 Å². The molecule has 0 saturated carbocycles. The monoisotopic (exact) mass is 319 g/mol. The minimum absolute atomic E-state index is 0.307. The summed E-state index contributed by atoms with van der Waals surface area (Å²) in [6.07, 6.45) is -3.67. The molecule has 0 fully saturated rings. The van der Waals surface area contributed by atoms with Gasteiger partial charge in [-0.2, -0.15) is 13.2 Å². The quantitative estimate of drug-likeness (QED) is 0.561. The molecule has 22 heavy (non-hydrogen) atoms. The van der Waals surface area contributed by atoms with Gasteiger partial charge in [0.2, 0.25) is 0 Å². The lowest BCUT2D eigenvalue weighted by atomic mass is 10.1. The summed E-state index contributed by atoms with van der Waals surface area (Å²) in [7, 11) is 1.56. The maximum absolute atomic E-state index is 13.0. The molecule has 0 amide bonds. The number of alkyl halides is 3. The number of aldehydes is 1. The molecule has 1 aromatic rings. The van der Waals surface area contributed by atoms with E-state index < -0.39 is 24.9 Å². The van der Waals surface area contributed by atoms with Gasteiger partial charge in [0.05, 0.1) is 7.11 Å². The normalized spacial score (nSPS) is 14.4. The van der Waals surface area contributed by atoms with Crippen molar-refractivity contribution in [2.45, 2.75) is 25.1 Å². The van der Waals surface area contributed by atoms with Crippen LogP contribution in [0.2, 0.25) is 0 Å². The van der Waals surface area contributed by atoms with E-state index in [9.17, 15) is 18.0 Å². The van der Waals surface area contributed by atoms with E-state index >= 15 is 0 Å². The molecule has 1 aromatic carbocycles. The molecular formula is C15H20F3NO3. The fraction of sp³-hybridized carbons (Fsp3) is 0.533. The Bertz CT molecular complexity index is 462. The number of hydrogen-bond acceptors (Lipinski definition) is 4. The Morgan fingerprint density at radius 3 is 2.36 bits per heavy atom. The first-order valence-corrected chi connectivity index (χ1v) is 6.80. The van der Waals surface area contributed by atoms with E-state index in [1.807, 2.05) is 12.1 Å². The predicted molar refractivity (Wildman–Crippen MR) is 76.0 cm³/mol. The van der Waals surface area contributed by atoms with Gasteiger partial charge in [0.25, 0.3) is 0 Å². The summed E-state index contributed by atoms with van der Waals surface area (Å²) in [6.45, 7) is 0.288. The summed E-state index contributed by atoms with van der Waals surface area (Å²) in [5.74, 6) is 0.726. The second-order valence-electron chi connectivity index (χ2n) is 4.98. The van der Waals surface area contributed by atoms with Crippen LogP contribution in [-0.2, 0) is 16.0 Å². The molecule has 1 N–H and O–H groups in total. The predicted octanol–water partition coefficient (Wildman–Crippen LogP) is 2.36. The minimum atomic E-state index is -4.55. The van der Waals surface area contributed by atoms with Crippen molar-refractivity contribution in [3.05, 3.63) is 29.8 Å². The highest BCUT2D eigenvalue weighted by Gasteiger charge is 2.52. The number of hydrogen-bond donors (Lipinski definition) is 1. The third-order valence-electron chi connectivity index (χ3n) is 3.28. The lowest BCUT2D eigenvalue weighted by molar-refractivity contribution is -0.265. The lowest BCUT2D eigenvalue weighted by Crippen LogP contribution is -2.52. The summed E-state index contributed by atoms with van der Waals surface area (Å²) >= 11 is 0. The summed E-state index contributed by atoms with van der Waals surface area (Å²) < 4.78 is 48.6. The number of carbonyl (C=O) groups is 1. The Kier molecular flexibility index (Phi) is 6.83. The van der Waals surface area contributed by atoms with Gasteiger partial charge in [-0.15, -0.1) is 0 Å². The molecule has 0 aliphatic heterocycles. The van der Waals surface area contributed by atoms with Crippen LogP contribution in [-0.4, -0.2) is 44.9 Å². The first kappa shape index (κ1) is 18.4. The van der Waals surface area contributed by atoms with E-state index in [0.29, 0.717) is 19.3 Å². The number of ether oxygens (including phenoxy) is 2. The summed E-state index contributed by atoms with van der Waals surface area (Å²) in [5, 5.41) is 2.73. The van der Waals surface area contributed by atoms with E-state index in [-0.39, 0.29) is 0 Å². The molecule has 0 aliphatic carbocycles. The first-order valence-electron chi connectivity index (χ1n) is 6.80. The van der Waals surface area contributed by atoms with E-state index in [0.717, 1.165) is 18.2 Å². The topological polar surface area (TPSA) is 47.6 Å². The lowest BCUT2D eigenvalue weighted by Gasteiger charge is -2.31. The molecular weight excluding hydrogens is 299 g/mol. The largest absolute Gasteiger partial charge is 0.497 e. The van der Waals surface area contributed by atoms with Crippen LogP contribution in [0.4, 0.5) is 13.2 Å². The second-order valence-corrected chi connectivity index (χ2v) is 4.98. The van der Waals surface area contributed by atoms with E-state index in [1.54, 1.807) is 19.2 Å². The van der Waals surface area contributed by atoms with Gasteiger partial charge in [0.1, 0.15) is 18.6 Å². The molecule has 0 bridgehead atoms. The molecule has 0 radical (unpaired) electrons. The van der Waals surface area contributed by atoms with E-state index in [4.69, 9.17) is 4.74 Å². The van der Waals surface area contributed by atoms with Crippen molar-refractivity contribution in [1.82, 2.24) is 5.32 Å². The SMILES string of the molecule is COc1ccc(CCNCC(C)(OCC=O)C(F)(F)F)cc1. The van der Waals surface area contributed by atoms with Gasteiger partial charge in [-0.1, -0.05) is 12.1 Å². The standard InChI is InChI=1S/C15H20F3NO3/c1-14(15(16,17)18,22-10-9-20)11-19-8-7-12-3-5-13(21-2)6-4-12/h3-6,9,19H,7-8,10-11H2,1-2H3. The van der Waals surface area contributed by atoms with Gasteiger partial charge in [-0.05, 0) is 37.6 Å². The number of methoxy groups -OCH3 is 1. The van der Waals surface area contributed by atoms with Gasteiger partial charge in [-0.25, -0.2) is 0 Å². The van der Waals surface area contributed by atoms with Crippen LogP contribution in [0.1, 0.15) is 12.5 Å². The van der Waals surface area contributed by atoms with Crippen LogP contribution in [0.15, 0.2) is 24.3 Å². The van der Waals surface area contributed by atoms with Crippen LogP contribution < -0.4 is 10.1 Å². The molecule has 1 unspecified atom stereocenters. The zero-order chi connectivity index (χ0) is 16.6. The molecule has 0 saturated heterocycles. The van der Waals surface area contributed by atoms with Crippen LogP contribution in [0.5, 0.6) is 5.75 Å². The van der Waals surface area contributed by atoms with Gasteiger partial charge < -0.3 is 19.6 Å². The van der Waals surface area contributed by atoms with Crippen molar-refractivity contribution < 1.29 is 27.4 Å². The maximum atomic E-state index is 13.0. The fourth-order valence-electron chi connectivity index (χ4n) is 1.80. The number of carbonyl (C=O) groups excluding carboxylic acids is 1. The van der Waals surface area contributed by atoms with Gasteiger partial charge in [-0.3, -0.25) is 0 Å². The number of benzene rings is 1. The van der Waals surface area contributed by atoms with Crippen LogP contribution in [0, 0.1) is 0 Å². The molecule has 0 aromatic heterocycles. The summed E-state index contributed by atoms with van der Waals surface area (Å²) in [6, 6.07) is 7.30. The molecule has 124 valence electrons. The zero-order valence-electron chi connectivity index (χ0n) is 12.6. The molecule has 0 heterocycles. The number of rotatable bonds is 9. The third-order valence-corrected chi connectivity index (χ3v) is 3.28. The van der Waals surface area contributed by atoms with Crippen LogP contribution >= 0.6 is 0 Å². The van der Waals surface area contributed by atoms with Crippen molar-refractivity contribution in [2.24, 2.45) is 0 Å². The van der Waals surface area contributed by atoms with Gasteiger partial charge >= 0.3 is 6.18 Å². The van der Waals surface area contributed by atoms with Crippen molar-refractivity contribution in [3.8, 4) is 5.75 Å². The van der Waals surface area contributed by atoms with Crippen molar-refractivity contribution in [1.29, 1.82) is 0 Å². The smallest absolute Gasteiger partial charge is 0.418 e. The Morgan fingerprint density at radius 1 is 1.23 bits per heavy atom.